The van der Waals surface area contributed by atoms with Crippen LogP contribution in [0.5, 0.6) is 0 Å². The molecule has 3 nitrogen and oxygen atoms in total. The van der Waals surface area contributed by atoms with Gasteiger partial charge in [-0.3, -0.25) is 0 Å². The summed E-state index contributed by atoms with van der Waals surface area (Å²) in [6, 6.07) is 2.48. The number of rotatable bonds is 2. The lowest BCUT2D eigenvalue weighted by molar-refractivity contribution is 0.0406. The molecule has 0 radical (unpaired) electrons. The number of thiazole rings is 1. The second-order valence-corrected chi connectivity index (χ2v) is 5.72. The predicted octanol–water partition coefficient (Wildman–Crippen LogP) is 2.62. The molecule has 1 aliphatic rings. The summed E-state index contributed by atoms with van der Waals surface area (Å²) in [5.74, 6) is 0. The summed E-state index contributed by atoms with van der Waals surface area (Å²) in [7, 11) is 0. The first-order chi connectivity index (χ1) is 7.65. The molecule has 1 aromatic heterocycles. The van der Waals surface area contributed by atoms with E-state index in [1.165, 1.54) is 4.88 Å². The van der Waals surface area contributed by atoms with E-state index in [0.29, 0.717) is 13.2 Å². The number of aromatic nitrogens is 1. The Morgan fingerprint density at radius 3 is 2.62 bits per heavy atom. The van der Waals surface area contributed by atoms with Crippen molar-refractivity contribution in [3.8, 4) is 6.07 Å². The van der Waals surface area contributed by atoms with E-state index in [-0.39, 0.29) is 5.41 Å². The number of aryl methyl sites for hydroxylation is 2. The van der Waals surface area contributed by atoms with Crippen LogP contribution in [0.3, 0.4) is 0 Å². The summed E-state index contributed by atoms with van der Waals surface area (Å²) in [5, 5.41) is 10.4. The van der Waals surface area contributed by atoms with Crippen molar-refractivity contribution in [3.63, 3.8) is 0 Å². The molecule has 0 spiro atoms. The molecular formula is C12H16N2OS. The van der Waals surface area contributed by atoms with Gasteiger partial charge in [-0.25, -0.2) is 4.98 Å². The topological polar surface area (TPSA) is 45.9 Å². The monoisotopic (exact) mass is 236 g/mol. The van der Waals surface area contributed by atoms with Crippen LogP contribution < -0.4 is 0 Å². The molecule has 0 amide bonds. The van der Waals surface area contributed by atoms with Crippen molar-refractivity contribution in [1.82, 2.24) is 4.98 Å². The van der Waals surface area contributed by atoms with Gasteiger partial charge in [0.1, 0.15) is 0 Å². The summed E-state index contributed by atoms with van der Waals surface area (Å²) in [6.07, 6.45) is 2.45. The molecule has 0 aromatic carbocycles. The molecule has 0 N–H and O–H groups in total. The van der Waals surface area contributed by atoms with Crippen molar-refractivity contribution in [2.45, 2.75) is 33.1 Å². The molecule has 0 atom stereocenters. The molecule has 0 bridgehead atoms. The molecule has 0 aliphatic carbocycles. The predicted molar refractivity (Wildman–Crippen MR) is 63.4 cm³/mol. The van der Waals surface area contributed by atoms with Crippen LogP contribution >= 0.6 is 11.3 Å². The molecule has 4 heteroatoms. The highest BCUT2D eigenvalue weighted by atomic mass is 32.1. The first-order valence-corrected chi connectivity index (χ1v) is 6.39. The van der Waals surface area contributed by atoms with Gasteiger partial charge in [-0.2, -0.15) is 5.26 Å². The Hall–Kier alpha value is -0.920. The highest BCUT2D eigenvalue weighted by molar-refractivity contribution is 7.11. The molecule has 16 heavy (non-hydrogen) atoms. The quantitative estimate of drug-likeness (QED) is 0.793. The minimum atomic E-state index is -0.241. The van der Waals surface area contributed by atoms with Gasteiger partial charge in [0.05, 0.1) is 22.2 Å². The van der Waals surface area contributed by atoms with Gasteiger partial charge < -0.3 is 4.74 Å². The molecule has 2 rings (SSSR count). The van der Waals surface area contributed by atoms with Gasteiger partial charge in [-0.1, -0.05) is 0 Å². The van der Waals surface area contributed by atoms with Gasteiger partial charge in [0.15, 0.2) is 0 Å². The summed E-state index contributed by atoms with van der Waals surface area (Å²) in [4.78, 5) is 5.78. The fourth-order valence-corrected chi connectivity index (χ4v) is 3.07. The maximum Gasteiger partial charge on any atom is 0.0946 e. The molecule has 1 saturated heterocycles. The minimum Gasteiger partial charge on any atom is -0.381 e. The van der Waals surface area contributed by atoms with Gasteiger partial charge in [0.25, 0.3) is 0 Å². The highest BCUT2D eigenvalue weighted by Gasteiger charge is 2.33. The third-order valence-electron chi connectivity index (χ3n) is 3.25. The van der Waals surface area contributed by atoms with Crippen LogP contribution in [0, 0.1) is 30.6 Å². The SMILES string of the molecule is Cc1nc(CC2(C#N)CCOCC2)sc1C. The average Bonchev–Trinajstić information content (AvgIpc) is 2.59. The summed E-state index contributed by atoms with van der Waals surface area (Å²) >= 11 is 1.72. The molecule has 0 saturated carbocycles. The van der Waals surface area contributed by atoms with E-state index < -0.39 is 0 Å². The molecule has 1 aliphatic heterocycles. The van der Waals surface area contributed by atoms with Crippen LogP contribution in [0.15, 0.2) is 0 Å². The van der Waals surface area contributed by atoms with Gasteiger partial charge in [-0.15, -0.1) is 11.3 Å². The second-order valence-electron chi connectivity index (χ2n) is 4.43. The van der Waals surface area contributed by atoms with Crippen LogP contribution in [0.2, 0.25) is 0 Å². The lowest BCUT2D eigenvalue weighted by Crippen LogP contribution is -2.30. The Morgan fingerprint density at radius 2 is 2.12 bits per heavy atom. The maximum atomic E-state index is 9.35. The fourth-order valence-electron chi connectivity index (χ4n) is 1.99. The van der Waals surface area contributed by atoms with Gasteiger partial charge in [-0.05, 0) is 26.7 Å². The number of hydrogen-bond acceptors (Lipinski definition) is 4. The van der Waals surface area contributed by atoms with E-state index in [1.54, 1.807) is 11.3 Å². The smallest absolute Gasteiger partial charge is 0.0946 e. The van der Waals surface area contributed by atoms with E-state index >= 15 is 0 Å². The molecule has 86 valence electrons. The number of nitriles is 1. The number of hydrogen-bond donors (Lipinski definition) is 0. The zero-order valence-electron chi connectivity index (χ0n) is 9.75. The first kappa shape index (κ1) is 11.6. The van der Waals surface area contributed by atoms with Crippen LogP contribution in [0.1, 0.15) is 28.4 Å². The standard InChI is InChI=1S/C12H16N2OS/c1-9-10(2)16-11(14-9)7-12(8-13)3-5-15-6-4-12/h3-7H2,1-2H3. The first-order valence-electron chi connectivity index (χ1n) is 5.57. The molecular weight excluding hydrogens is 220 g/mol. The van der Waals surface area contributed by atoms with Crippen LogP contribution in [0.4, 0.5) is 0 Å². The van der Waals surface area contributed by atoms with Gasteiger partial charge in [0, 0.05) is 24.5 Å². The third kappa shape index (κ3) is 2.26. The molecule has 1 aromatic rings. The van der Waals surface area contributed by atoms with E-state index in [9.17, 15) is 5.26 Å². The van der Waals surface area contributed by atoms with E-state index in [1.807, 2.05) is 6.92 Å². The lowest BCUT2D eigenvalue weighted by Gasteiger charge is -2.29. The van der Waals surface area contributed by atoms with Crippen LogP contribution in [-0.2, 0) is 11.2 Å². The molecule has 0 unspecified atom stereocenters. The van der Waals surface area contributed by atoms with Crippen molar-refractivity contribution < 1.29 is 4.74 Å². The second kappa shape index (κ2) is 4.52. The largest absolute Gasteiger partial charge is 0.381 e. The van der Waals surface area contributed by atoms with Gasteiger partial charge >= 0.3 is 0 Å². The number of nitrogens with zero attached hydrogens (tertiary/aromatic N) is 2. The third-order valence-corrected chi connectivity index (χ3v) is 4.32. The molecule has 1 fully saturated rings. The zero-order chi connectivity index (χ0) is 11.6. The van der Waals surface area contributed by atoms with E-state index in [0.717, 1.165) is 30.0 Å². The minimum absolute atomic E-state index is 0.241. The highest BCUT2D eigenvalue weighted by Crippen LogP contribution is 2.35. The van der Waals surface area contributed by atoms with Crippen molar-refractivity contribution in [3.05, 3.63) is 15.6 Å². The zero-order valence-corrected chi connectivity index (χ0v) is 10.6. The van der Waals surface area contributed by atoms with Gasteiger partial charge in [0.2, 0.25) is 0 Å². The molecule has 2 heterocycles. The Kier molecular flexibility index (Phi) is 3.27. The average molecular weight is 236 g/mol. The van der Waals surface area contributed by atoms with Crippen molar-refractivity contribution in [2.75, 3.05) is 13.2 Å². The summed E-state index contributed by atoms with van der Waals surface area (Å²) in [6.45, 7) is 5.52. The van der Waals surface area contributed by atoms with Crippen molar-refractivity contribution >= 4 is 11.3 Å². The Balaban J connectivity index is 2.15. The maximum absolute atomic E-state index is 9.35. The van der Waals surface area contributed by atoms with Crippen molar-refractivity contribution in [2.24, 2.45) is 5.41 Å². The Labute approximate surface area is 100 Å². The Bertz CT molecular complexity index is 394. The Morgan fingerprint density at radius 1 is 1.44 bits per heavy atom. The fraction of sp³-hybridized carbons (Fsp3) is 0.667. The van der Waals surface area contributed by atoms with E-state index in [2.05, 4.69) is 18.0 Å². The van der Waals surface area contributed by atoms with Crippen LogP contribution in [0.25, 0.3) is 0 Å². The summed E-state index contributed by atoms with van der Waals surface area (Å²) in [5.41, 5.74) is 0.856. The summed E-state index contributed by atoms with van der Waals surface area (Å²) < 4.78 is 5.33. The number of ether oxygens (including phenoxy) is 1. The van der Waals surface area contributed by atoms with Crippen LogP contribution in [-0.4, -0.2) is 18.2 Å². The van der Waals surface area contributed by atoms with E-state index in [4.69, 9.17) is 4.74 Å². The lowest BCUT2D eigenvalue weighted by atomic mass is 9.79. The normalized spacial score (nSPS) is 19.3. The van der Waals surface area contributed by atoms with Crippen molar-refractivity contribution in [1.29, 1.82) is 5.26 Å².